The third-order valence-electron chi connectivity index (χ3n) is 4.36. The molecule has 0 aromatic carbocycles. The molecule has 0 unspecified atom stereocenters. The van der Waals surface area contributed by atoms with Crippen LogP contribution in [0.2, 0.25) is 0 Å². The van der Waals surface area contributed by atoms with Crippen molar-refractivity contribution in [1.29, 1.82) is 0 Å². The van der Waals surface area contributed by atoms with Crippen molar-refractivity contribution in [3.63, 3.8) is 0 Å². The normalized spacial score (nSPS) is 25.7. The molecule has 1 saturated heterocycles. The molecule has 0 bridgehead atoms. The Bertz CT molecular complexity index is 265. The Hall–Kier alpha value is -0.610. The molecule has 2 aliphatic rings. The van der Waals surface area contributed by atoms with Gasteiger partial charge in [0.25, 0.3) is 0 Å². The highest BCUT2D eigenvalue weighted by atomic mass is 16.3. The van der Waals surface area contributed by atoms with Crippen molar-refractivity contribution >= 4 is 5.91 Å². The van der Waals surface area contributed by atoms with Crippen LogP contribution in [0.1, 0.15) is 44.9 Å². The highest BCUT2D eigenvalue weighted by Gasteiger charge is 2.24. The molecule has 1 aliphatic carbocycles. The largest absolute Gasteiger partial charge is 0.395 e. The van der Waals surface area contributed by atoms with Gasteiger partial charge in [-0.1, -0.05) is 12.8 Å². The summed E-state index contributed by atoms with van der Waals surface area (Å²) in [6.07, 6.45) is 7.88. The second kappa shape index (κ2) is 7.10. The topological polar surface area (TPSA) is 52.6 Å². The molecule has 18 heavy (non-hydrogen) atoms. The third kappa shape index (κ3) is 3.69. The number of amides is 1. The number of nitrogens with one attached hydrogen (secondary N) is 1. The average Bonchev–Trinajstić information content (AvgIpc) is 3.04. The van der Waals surface area contributed by atoms with Crippen LogP contribution in [0.25, 0.3) is 0 Å². The summed E-state index contributed by atoms with van der Waals surface area (Å²) >= 11 is 0. The van der Waals surface area contributed by atoms with Gasteiger partial charge in [0.2, 0.25) is 5.91 Å². The number of nitrogens with zero attached hydrogens (tertiary/aromatic N) is 1. The van der Waals surface area contributed by atoms with Gasteiger partial charge in [-0.15, -0.1) is 0 Å². The number of likely N-dealkylation sites (tertiary alicyclic amines) is 1. The molecule has 0 radical (unpaired) electrons. The van der Waals surface area contributed by atoms with Crippen molar-refractivity contribution in [2.24, 2.45) is 5.92 Å². The molecule has 0 aromatic rings. The lowest BCUT2D eigenvalue weighted by atomic mass is 10.1. The second-order valence-corrected chi connectivity index (χ2v) is 5.64. The van der Waals surface area contributed by atoms with Crippen LogP contribution < -0.4 is 5.32 Å². The first-order valence-electron chi connectivity index (χ1n) is 7.44. The summed E-state index contributed by atoms with van der Waals surface area (Å²) in [6, 6.07) is 0.357. The molecule has 2 N–H and O–H groups in total. The molecule has 2 fully saturated rings. The number of hydrogen-bond donors (Lipinski definition) is 2. The van der Waals surface area contributed by atoms with Gasteiger partial charge in [-0.05, 0) is 38.6 Å². The van der Waals surface area contributed by atoms with Gasteiger partial charge >= 0.3 is 0 Å². The van der Waals surface area contributed by atoms with E-state index in [2.05, 4.69) is 10.2 Å². The maximum Gasteiger partial charge on any atom is 0.223 e. The SMILES string of the molecule is O=C(NCCCN1CCC[C@@H]1CO)C1CCCC1. The molecule has 104 valence electrons. The lowest BCUT2D eigenvalue weighted by Crippen LogP contribution is -2.36. The average molecular weight is 254 g/mol. The Morgan fingerprint density at radius 1 is 1.22 bits per heavy atom. The van der Waals surface area contributed by atoms with Gasteiger partial charge in [0, 0.05) is 25.0 Å². The highest BCUT2D eigenvalue weighted by molar-refractivity contribution is 5.78. The third-order valence-corrected chi connectivity index (χ3v) is 4.36. The quantitative estimate of drug-likeness (QED) is 0.699. The van der Waals surface area contributed by atoms with Crippen molar-refractivity contribution in [1.82, 2.24) is 10.2 Å². The van der Waals surface area contributed by atoms with Gasteiger partial charge in [0.05, 0.1) is 6.61 Å². The smallest absolute Gasteiger partial charge is 0.223 e. The summed E-state index contributed by atoms with van der Waals surface area (Å²) in [4.78, 5) is 14.1. The van der Waals surface area contributed by atoms with Crippen molar-refractivity contribution in [3.8, 4) is 0 Å². The molecule has 2 rings (SSSR count). The van der Waals surface area contributed by atoms with Gasteiger partial charge in [0.15, 0.2) is 0 Å². The van der Waals surface area contributed by atoms with Crippen LogP contribution in [0.4, 0.5) is 0 Å². The molecule has 1 aliphatic heterocycles. The van der Waals surface area contributed by atoms with Gasteiger partial charge in [-0.25, -0.2) is 0 Å². The first-order chi connectivity index (χ1) is 8.81. The van der Waals surface area contributed by atoms with Crippen LogP contribution in [0.3, 0.4) is 0 Å². The minimum absolute atomic E-state index is 0.257. The van der Waals surface area contributed by atoms with E-state index in [4.69, 9.17) is 0 Å². The van der Waals surface area contributed by atoms with E-state index in [1.165, 1.54) is 19.3 Å². The van der Waals surface area contributed by atoms with Gasteiger partial charge in [0.1, 0.15) is 0 Å². The van der Waals surface area contributed by atoms with Crippen molar-refractivity contribution in [3.05, 3.63) is 0 Å². The summed E-state index contributed by atoms with van der Waals surface area (Å²) in [5.74, 6) is 0.537. The van der Waals surface area contributed by atoms with Crippen LogP contribution >= 0.6 is 0 Å². The van der Waals surface area contributed by atoms with Crippen molar-refractivity contribution < 1.29 is 9.90 Å². The summed E-state index contributed by atoms with van der Waals surface area (Å²) in [5, 5.41) is 12.3. The molecule has 0 aromatic heterocycles. The molecule has 0 spiro atoms. The van der Waals surface area contributed by atoms with Crippen LogP contribution in [0.5, 0.6) is 0 Å². The minimum atomic E-state index is 0.257. The Morgan fingerprint density at radius 2 is 2.00 bits per heavy atom. The molecule has 1 heterocycles. The lowest BCUT2D eigenvalue weighted by molar-refractivity contribution is -0.124. The van der Waals surface area contributed by atoms with E-state index in [-0.39, 0.29) is 18.4 Å². The number of aliphatic hydroxyl groups is 1. The predicted molar refractivity (Wildman–Crippen MR) is 71.3 cm³/mol. The molecule has 1 atom stereocenters. The van der Waals surface area contributed by atoms with Crippen molar-refractivity contribution in [2.45, 2.75) is 51.0 Å². The Morgan fingerprint density at radius 3 is 2.72 bits per heavy atom. The zero-order valence-electron chi connectivity index (χ0n) is 11.2. The zero-order chi connectivity index (χ0) is 12.8. The number of rotatable bonds is 6. The Balaban J connectivity index is 1.56. The summed E-state index contributed by atoms with van der Waals surface area (Å²) < 4.78 is 0. The Labute approximate surface area is 110 Å². The summed E-state index contributed by atoms with van der Waals surface area (Å²) in [7, 11) is 0. The number of aliphatic hydroxyl groups excluding tert-OH is 1. The standard InChI is InChI=1S/C14H26N2O2/c17-11-13-7-3-9-16(13)10-4-8-15-14(18)12-5-1-2-6-12/h12-13,17H,1-11H2,(H,15,18)/t13-/m1/s1. The van der Waals surface area contributed by atoms with Crippen LogP contribution in [-0.2, 0) is 4.79 Å². The number of carbonyl (C=O) groups excluding carboxylic acids is 1. The van der Waals surface area contributed by atoms with Crippen LogP contribution in [0.15, 0.2) is 0 Å². The van der Waals surface area contributed by atoms with E-state index < -0.39 is 0 Å². The van der Waals surface area contributed by atoms with E-state index in [0.717, 1.165) is 45.3 Å². The summed E-state index contributed by atoms with van der Waals surface area (Å²) in [5.41, 5.74) is 0. The molecule has 4 nitrogen and oxygen atoms in total. The fourth-order valence-electron chi connectivity index (χ4n) is 3.22. The van der Waals surface area contributed by atoms with Crippen LogP contribution in [-0.4, -0.2) is 48.2 Å². The lowest BCUT2D eigenvalue weighted by Gasteiger charge is -2.22. The van der Waals surface area contributed by atoms with Gasteiger partial charge < -0.3 is 10.4 Å². The molecular formula is C14H26N2O2. The summed E-state index contributed by atoms with van der Waals surface area (Å²) in [6.45, 7) is 3.15. The first kappa shape index (κ1) is 13.8. The maximum absolute atomic E-state index is 11.8. The van der Waals surface area contributed by atoms with E-state index in [9.17, 15) is 9.90 Å². The monoisotopic (exact) mass is 254 g/mol. The van der Waals surface area contributed by atoms with Gasteiger partial charge in [-0.3, -0.25) is 9.69 Å². The molecular weight excluding hydrogens is 228 g/mol. The maximum atomic E-state index is 11.8. The fourth-order valence-corrected chi connectivity index (χ4v) is 3.22. The predicted octanol–water partition coefficient (Wildman–Crippen LogP) is 1.14. The fraction of sp³-hybridized carbons (Fsp3) is 0.929. The number of hydrogen-bond acceptors (Lipinski definition) is 3. The molecule has 1 amide bonds. The number of carbonyl (C=O) groups is 1. The highest BCUT2D eigenvalue weighted by Crippen LogP contribution is 2.24. The van der Waals surface area contributed by atoms with E-state index >= 15 is 0 Å². The second-order valence-electron chi connectivity index (χ2n) is 5.64. The first-order valence-corrected chi connectivity index (χ1v) is 7.44. The van der Waals surface area contributed by atoms with Crippen LogP contribution in [0, 0.1) is 5.92 Å². The van der Waals surface area contributed by atoms with Gasteiger partial charge in [-0.2, -0.15) is 0 Å². The minimum Gasteiger partial charge on any atom is -0.395 e. The van der Waals surface area contributed by atoms with E-state index in [1.807, 2.05) is 0 Å². The Kier molecular flexibility index (Phi) is 5.45. The van der Waals surface area contributed by atoms with E-state index in [1.54, 1.807) is 0 Å². The molecule has 1 saturated carbocycles. The molecule has 4 heteroatoms. The zero-order valence-corrected chi connectivity index (χ0v) is 11.2. The van der Waals surface area contributed by atoms with E-state index in [0.29, 0.717) is 6.04 Å². The van der Waals surface area contributed by atoms with Crippen molar-refractivity contribution in [2.75, 3.05) is 26.2 Å².